The average molecular weight is 351 g/mol. The number of benzene rings is 2. The molecule has 2 aromatic rings. The van der Waals surface area contributed by atoms with Gasteiger partial charge in [0, 0.05) is 13.1 Å². The third-order valence-corrected chi connectivity index (χ3v) is 4.71. The van der Waals surface area contributed by atoms with Crippen LogP contribution in [0.25, 0.3) is 5.57 Å². The molecule has 4 heteroatoms. The molecule has 136 valence electrons. The Bertz CT molecular complexity index is 776. The first-order chi connectivity index (χ1) is 12.5. The summed E-state index contributed by atoms with van der Waals surface area (Å²) in [5.41, 5.74) is 3.56. The number of rotatable bonds is 5. The van der Waals surface area contributed by atoms with Gasteiger partial charge in [-0.15, -0.1) is 0 Å². The fourth-order valence-corrected chi connectivity index (χ4v) is 3.02. The molecule has 0 bridgehead atoms. The summed E-state index contributed by atoms with van der Waals surface area (Å²) in [4.78, 5) is 14.2. The summed E-state index contributed by atoms with van der Waals surface area (Å²) in [5.74, 6) is 1.47. The van der Waals surface area contributed by atoms with E-state index in [1.807, 2.05) is 41.3 Å². The summed E-state index contributed by atoms with van der Waals surface area (Å²) >= 11 is 0. The van der Waals surface area contributed by atoms with E-state index in [0.29, 0.717) is 19.0 Å². The minimum absolute atomic E-state index is 0.000979. The van der Waals surface area contributed by atoms with Crippen molar-refractivity contribution in [3.05, 3.63) is 65.7 Å². The Hall–Kier alpha value is -2.75. The largest absolute Gasteiger partial charge is 0.508 e. The van der Waals surface area contributed by atoms with Crippen molar-refractivity contribution in [2.75, 3.05) is 19.7 Å². The summed E-state index contributed by atoms with van der Waals surface area (Å²) in [5, 5.41) is 9.38. The topological polar surface area (TPSA) is 49.8 Å². The molecule has 0 radical (unpaired) electrons. The molecular weight excluding hydrogens is 326 g/mol. The van der Waals surface area contributed by atoms with E-state index in [0.717, 1.165) is 17.7 Å². The van der Waals surface area contributed by atoms with Crippen molar-refractivity contribution < 1.29 is 14.6 Å². The minimum atomic E-state index is -0.000979. The first-order valence-corrected chi connectivity index (χ1v) is 9.02. The van der Waals surface area contributed by atoms with E-state index in [2.05, 4.69) is 19.9 Å². The highest BCUT2D eigenvalue weighted by atomic mass is 16.5. The van der Waals surface area contributed by atoms with Gasteiger partial charge in [-0.1, -0.05) is 44.2 Å². The molecule has 0 unspecified atom stereocenters. The molecule has 0 saturated carbocycles. The van der Waals surface area contributed by atoms with Crippen molar-refractivity contribution in [1.82, 2.24) is 4.90 Å². The molecule has 0 atom stereocenters. The third kappa shape index (κ3) is 4.45. The smallest absolute Gasteiger partial charge is 0.260 e. The monoisotopic (exact) mass is 351 g/mol. The van der Waals surface area contributed by atoms with Gasteiger partial charge in [-0.05, 0) is 53.3 Å². The zero-order chi connectivity index (χ0) is 18.5. The maximum atomic E-state index is 12.4. The number of phenolic OH excluding ortho intramolecular Hbond substituents is 1. The van der Waals surface area contributed by atoms with Crippen LogP contribution in [0.4, 0.5) is 0 Å². The van der Waals surface area contributed by atoms with Gasteiger partial charge in [0.05, 0.1) is 0 Å². The van der Waals surface area contributed by atoms with Crippen LogP contribution >= 0.6 is 0 Å². The van der Waals surface area contributed by atoms with E-state index in [-0.39, 0.29) is 18.3 Å². The molecule has 1 aliphatic heterocycles. The molecule has 0 aromatic heterocycles. The van der Waals surface area contributed by atoms with Crippen LogP contribution in [0.5, 0.6) is 11.5 Å². The zero-order valence-corrected chi connectivity index (χ0v) is 15.3. The predicted octanol–water partition coefficient (Wildman–Crippen LogP) is 4.21. The van der Waals surface area contributed by atoms with Crippen molar-refractivity contribution in [2.24, 2.45) is 0 Å². The highest BCUT2D eigenvalue weighted by Gasteiger charge is 2.18. The fraction of sp³-hybridized carbons (Fsp3) is 0.318. The molecule has 0 spiro atoms. The van der Waals surface area contributed by atoms with Crippen LogP contribution in [-0.4, -0.2) is 35.6 Å². The predicted molar refractivity (Wildman–Crippen MR) is 103 cm³/mol. The molecule has 1 N–H and O–H groups in total. The number of carbonyl (C=O) groups is 1. The normalized spacial score (nSPS) is 14.3. The third-order valence-electron chi connectivity index (χ3n) is 4.71. The second-order valence-corrected chi connectivity index (χ2v) is 6.88. The minimum Gasteiger partial charge on any atom is -0.508 e. The van der Waals surface area contributed by atoms with Crippen molar-refractivity contribution in [3.63, 3.8) is 0 Å². The number of phenols is 1. The van der Waals surface area contributed by atoms with Gasteiger partial charge in [0.15, 0.2) is 6.61 Å². The molecule has 1 heterocycles. The van der Waals surface area contributed by atoms with E-state index in [1.165, 1.54) is 11.1 Å². The average Bonchev–Trinajstić information content (AvgIpc) is 2.67. The zero-order valence-electron chi connectivity index (χ0n) is 15.3. The quantitative estimate of drug-likeness (QED) is 0.878. The second kappa shape index (κ2) is 8.09. The van der Waals surface area contributed by atoms with Gasteiger partial charge in [0.1, 0.15) is 11.5 Å². The highest BCUT2D eigenvalue weighted by Crippen LogP contribution is 2.24. The van der Waals surface area contributed by atoms with E-state index in [9.17, 15) is 9.90 Å². The summed E-state index contributed by atoms with van der Waals surface area (Å²) < 4.78 is 5.64. The molecular formula is C22H25NO3. The molecule has 26 heavy (non-hydrogen) atoms. The van der Waals surface area contributed by atoms with Crippen LogP contribution in [0.3, 0.4) is 0 Å². The van der Waals surface area contributed by atoms with Crippen LogP contribution in [0.2, 0.25) is 0 Å². The number of aromatic hydroxyl groups is 1. The molecule has 4 nitrogen and oxygen atoms in total. The molecule has 0 saturated heterocycles. The lowest BCUT2D eigenvalue weighted by Gasteiger charge is -2.26. The maximum Gasteiger partial charge on any atom is 0.260 e. The Kier molecular flexibility index (Phi) is 5.61. The summed E-state index contributed by atoms with van der Waals surface area (Å²) in [7, 11) is 0. The van der Waals surface area contributed by atoms with Crippen molar-refractivity contribution in [1.29, 1.82) is 0 Å². The van der Waals surface area contributed by atoms with Gasteiger partial charge in [-0.25, -0.2) is 0 Å². The number of hydrogen-bond donors (Lipinski definition) is 1. The van der Waals surface area contributed by atoms with Gasteiger partial charge >= 0.3 is 0 Å². The van der Waals surface area contributed by atoms with Crippen LogP contribution in [0, 0.1) is 0 Å². The van der Waals surface area contributed by atoms with E-state index in [1.54, 1.807) is 12.1 Å². The fourth-order valence-electron chi connectivity index (χ4n) is 3.02. The Balaban J connectivity index is 1.52. The molecule has 3 rings (SSSR count). The molecule has 0 fully saturated rings. The Morgan fingerprint density at radius 1 is 1.12 bits per heavy atom. The second-order valence-electron chi connectivity index (χ2n) is 6.88. The first-order valence-electron chi connectivity index (χ1n) is 9.02. The van der Waals surface area contributed by atoms with Gasteiger partial charge in [0.2, 0.25) is 0 Å². The van der Waals surface area contributed by atoms with Gasteiger partial charge in [-0.3, -0.25) is 4.79 Å². The van der Waals surface area contributed by atoms with Crippen molar-refractivity contribution in [3.8, 4) is 11.5 Å². The summed E-state index contributed by atoms with van der Waals surface area (Å²) in [6.07, 6.45) is 2.88. The van der Waals surface area contributed by atoms with Crippen LogP contribution in [0.15, 0.2) is 54.6 Å². The SMILES string of the molecule is CC(C)c1ccc(OCC(=O)N2CC=C(c3ccc(O)cc3)CC2)cc1. The van der Waals surface area contributed by atoms with Crippen LogP contribution in [-0.2, 0) is 4.79 Å². The lowest BCUT2D eigenvalue weighted by atomic mass is 9.99. The van der Waals surface area contributed by atoms with Crippen LogP contribution in [0.1, 0.15) is 37.3 Å². The summed E-state index contributed by atoms with van der Waals surface area (Å²) in [6, 6.07) is 15.1. The van der Waals surface area contributed by atoms with Crippen molar-refractivity contribution in [2.45, 2.75) is 26.2 Å². The summed E-state index contributed by atoms with van der Waals surface area (Å²) in [6.45, 7) is 5.63. The molecule has 2 aromatic carbocycles. The van der Waals surface area contributed by atoms with E-state index < -0.39 is 0 Å². The molecule has 1 aliphatic rings. The number of carbonyl (C=O) groups excluding carboxylic acids is 1. The van der Waals surface area contributed by atoms with E-state index in [4.69, 9.17) is 4.74 Å². The lowest BCUT2D eigenvalue weighted by molar-refractivity contribution is -0.132. The highest BCUT2D eigenvalue weighted by molar-refractivity contribution is 5.79. The molecule has 0 aliphatic carbocycles. The number of hydrogen-bond acceptors (Lipinski definition) is 3. The van der Waals surface area contributed by atoms with Crippen molar-refractivity contribution >= 4 is 11.5 Å². The molecule has 1 amide bonds. The standard InChI is InChI=1S/C22H25NO3/c1-16(2)17-5-9-21(10-6-17)26-15-22(25)23-13-11-19(12-14-23)18-3-7-20(24)8-4-18/h3-11,16,24H,12-15H2,1-2H3. The van der Waals surface area contributed by atoms with Gasteiger partial charge in [0.25, 0.3) is 5.91 Å². The Labute approximate surface area is 154 Å². The first kappa shape index (κ1) is 18.1. The van der Waals surface area contributed by atoms with E-state index >= 15 is 0 Å². The van der Waals surface area contributed by atoms with Gasteiger partial charge in [-0.2, -0.15) is 0 Å². The Morgan fingerprint density at radius 3 is 2.38 bits per heavy atom. The number of ether oxygens (including phenoxy) is 1. The lowest BCUT2D eigenvalue weighted by Crippen LogP contribution is -2.37. The van der Waals surface area contributed by atoms with Crippen LogP contribution < -0.4 is 4.74 Å². The number of nitrogens with zero attached hydrogens (tertiary/aromatic N) is 1. The Morgan fingerprint density at radius 2 is 1.81 bits per heavy atom. The number of amides is 1. The van der Waals surface area contributed by atoms with Gasteiger partial charge < -0.3 is 14.7 Å². The maximum absolute atomic E-state index is 12.4.